The van der Waals surface area contributed by atoms with E-state index in [1.807, 2.05) is 31.4 Å². The summed E-state index contributed by atoms with van der Waals surface area (Å²) in [6.45, 7) is 0.444. The van der Waals surface area contributed by atoms with E-state index in [2.05, 4.69) is 5.10 Å². The zero-order chi connectivity index (χ0) is 16.4. The highest BCUT2D eigenvalue weighted by Gasteiger charge is 2.35. The lowest BCUT2D eigenvalue weighted by Gasteiger charge is -2.34. The Bertz CT molecular complexity index is 738. The number of carboxylic acid groups (broad SMARTS) is 1. The van der Waals surface area contributed by atoms with Crippen molar-refractivity contribution in [3.05, 3.63) is 53.3 Å². The molecule has 2 aromatic rings. The van der Waals surface area contributed by atoms with Gasteiger partial charge in [0.1, 0.15) is 0 Å². The molecule has 1 aliphatic rings. The lowest BCUT2D eigenvalue weighted by atomic mass is 9.92. The highest BCUT2D eigenvalue weighted by atomic mass is 16.4. The third kappa shape index (κ3) is 3.11. The second-order valence-corrected chi connectivity index (χ2v) is 5.80. The average Bonchev–Trinajstić information content (AvgIpc) is 2.96. The van der Waals surface area contributed by atoms with Crippen molar-refractivity contribution in [2.24, 2.45) is 7.05 Å². The van der Waals surface area contributed by atoms with Crippen molar-refractivity contribution in [1.82, 2.24) is 14.7 Å². The van der Waals surface area contributed by atoms with Crippen molar-refractivity contribution >= 4 is 11.9 Å². The van der Waals surface area contributed by atoms with Gasteiger partial charge < -0.3 is 10.0 Å². The maximum Gasteiger partial charge on any atom is 0.331 e. The second-order valence-electron chi connectivity index (χ2n) is 5.80. The first-order chi connectivity index (χ1) is 11.1. The highest BCUT2D eigenvalue weighted by molar-refractivity contribution is 5.85. The van der Waals surface area contributed by atoms with Crippen molar-refractivity contribution in [2.45, 2.75) is 25.3 Å². The van der Waals surface area contributed by atoms with Crippen LogP contribution in [-0.4, -0.2) is 38.2 Å². The number of aryl methyl sites for hydroxylation is 2. The molecule has 3 rings (SSSR count). The highest BCUT2D eigenvalue weighted by Crippen LogP contribution is 2.30. The average molecular weight is 313 g/mol. The van der Waals surface area contributed by atoms with E-state index < -0.39 is 12.0 Å². The van der Waals surface area contributed by atoms with E-state index in [4.69, 9.17) is 0 Å². The first-order valence-corrected chi connectivity index (χ1v) is 7.64. The Morgan fingerprint density at radius 1 is 1.35 bits per heavy atom. The number of rotatable bonds is 4. The number of amides is 1. The minimum absolute atomic E-state index is 0.129. The van der Waals surface area contributed by atoms with Crippen LogP contribution >= 0.6 is 0 Å². The summed E-state index contributed by atoms with van der Waals surface area (Å²) in [7, 11) is 1.83. The second kappa shape index (κ2) is 6.24. The lowest BCUT2D eigenvalue weighted by molar-refractivity contribution is -0.151. The van der Waals surface area contributed by atoms with Crippen LogP contribution in [0.25, 0.3) is 0 Å². The van der Waals surface area contributed by atoms with Crippen molar-refractivity contribution in [1.29, 1.82) is 0 Å². The number of aromatic nitrogens is 2. The van der Waals surface area contributed by atoms with E-state index >= 15 is 0 Å². The molecular formula is C17H19N3O3. The number of carbonyl (C=O) groups excluding carboxylic acids is 1. The van der Waals surface area contributed by atoms with Crippen LogP contribution < -0.4 is 0 Å². The first kappa shape index (κ1) is 15.3. The fraction of sp³-hybridized carbons (Fsp3) is 0.353. The molecule has 2 heterocycles. The van der Waals surface area contributed by atoms with E-state index in [1.54, 1.807) is 16.9 Å². The standard InChI is InChI=1S/C17H19N3O3/c1-19-11-12(10-18-19)6-7-15(21)20-9-8-13-4-2-3-5-14(13)16(20)17(22)23/h2-5,10-11,16H,6-9H2,1H3,(H,22,23)/t16-/m1/s1. The molecule has 1 atom stereocenters. The van der Waals surface area contributed by atoms with Crippen LogP contribution in [0.5, 0.6) is 0 Å². The van der Waals surface area contributed by atoms with Crippen molar-refractivity contribution < 1.29 is 14.7 Å². The molecule has 1 amide bonds. The van der Waals surface area contributed by atoms with E-state index in [0.29, 0.717) is 19.4 Å². The zero-order valence-electron chi connectivity index (χ0n) is 13.0. The molecule has 1 aliphatic heterocycles. The quantitative estimate of drug-likeness (QED) is 0.929. The van der Waals surface area contributed by atoms with Crippen molar-refractivity contribution in [3.8, 4) is 0 Å². The van der Waals surface area contributed by atoms with Crippen molar-refractivity contribution in [3.63, 3.8) is 0 Å². The first-order valence-electron chi connectivity index (χ1n) is 7.64. The predicted octanol–water partition coefficient (Wildman–Crippen LogP) is 1.56. The van der Waals surface area contributed by atoms with Crippen molar-refractivity contribution in [2.75, 3.05) is 6.54 Å². The van der Waals surface area contributed by atoms with E-state index in [-0.39, 0.29) is 12.3 Å². The molecule has 0 saturated heterocycles. The summed E-state index contributed by atoms with van der Waals surface area (Å²) in [6, 6.07) is 6.56. The van der Waals surface area contributed by atoms with Gasteiger partial charge in [-0.15, -0.1) is 0 Å². The smallest absolute Gasteiger partial charge is 0.331 e. The Labute approximate surface area is 134 Å². The van der Waals surface area contributed by atoms with Gasteiger partial charge in [0.25, 0.3) is 0 Å². The number of carbonyl (C=O) groups is 2. The van der Waals surface area contributed by atoms with Crippen LogP contribution in [0.1, 0.15) is 29.2 Å². The molecule has 6 nitrogen and oxygen atoms in total. The van der Waals surface area contributed by atoms with Crippen LogP contribution in [0.15, 0.2) is 36.7 Å². The maximum atomic E-state index is 12.5. The Kier molecular flexibility index (Phi) is 4.14. The normalized spacial score (nSPS) is 16.9. The number of aliphatic carboxylic acids is 1. The van der Waals surface area contributed by atoms with Gasteiger partial charge in [0, 0.05) is 26.2 Å². The Balaban J connectivity index is 1.76. The van der Waals surface area contributed by atoms with Gasteiger partial charge in [0.2, 0.25) is 5.91 Å². The largest absolute Gasteiger partial charge is 0.479 e. The minimum Gasteiger partial charge on any atom is -0.479 e. The SMILES string of the molecule is Cn1cc(CCC(=O)N2CCc3ccccc3[C@@H]2C(=O)O)cn1. The molecule has 0 radical (unpaired) electrons. The molecular weight excluding hydrogens is 294 g/mol. The summed E-state index contributed by atoms with van der Waals surface area (Å²) in [4.78, 5) is 25.7. The van der Waals surface area contributed by atoms with Gasteiger partial charge >= 0.3 is 5.97 Å². The summed E-state index contributed by atoms with van der Waals surface area (Å²) < 4.78 is 1.69. The van der Waals surface area contributed by atoms with Gasteiger partial charge in [-0.25, -0.2) is 4.79 Å². The lowest BCUT2D eigenvalue weighted by Crippen LogP contribution is -2.43. The molecule has 0 spiro atoms. The molecule has 0 aliphatic carbocycles. The van der Waals surface area contributed by atoms with Gasteiger partial charge in [-0.1, -0.05) is 24.3 Å². The molecule has 0 bridgehead atoms. The molecule has 0 unspecified atom stereocenters. The summed E-state index contributed by atoms with van der Waals surface area (Å²) in [6.07, 6.45) is 5.15. The zero-order valence-corrected chi connectivity index (χ0v) is 13.0. The van der Waals surface area contributed by atoms with Gasteiger partial charge in [-0.05, 0) is 29.5 Å². The van der Waals surface area contributed by atoms with E-state index in [9.17, 15) is 14.7 Å². The molecule has 6 heteroatoms. The third-order valence-electron chi connectivity index (χ3n) is 4.22. The van der Waals surface area contributed by atoms with Crippen LogP contribution in [0.3, 0.4) is 0 Å². The number of nitrogens with zero attached hydrogens (tertiary/aromatic N) is 3. The summed E-state index contributed by atoms with van der Waals surface area (Å²) in [5, 5.41) is 13.7. The topological polar surface area (TPSA) is 75.4 Å². The molecule has 1 aromatic carbocycles. The van der Waals surface area contributed by atoms with Gasteiger partial charge in [0.15, 0.2) is 6.04 Å². The van der Waals surface area contributed by atoms with Crippen LogP contribution in [-0.2, 0) is 29.5 Å². The molecule has 120 valence electrons. The monoisotopic (exact) mass is 313 g/mol. The Morgan fingerprint density at radius 3 is 2.83 bits per heavy atom. The fourth-order valence-electron chi connectivity index (χ4n) is 3.10. The molecule has 1 N–H and O–H groups in total. The predicted molar refractivity (Wildman–Crippen MR) is 83.8 cm³/mol. The molecule has 1 aromatic heterocycles. The fourth-order valence-corrected chi connectivity index (χ4v) is 3.10. The third-order valence-corrected chi connectivity index (χ3v) is 4.22. The number of carboxylic acids is 1. The van der Waals surface area contributed by atoms with Gasteiger partial charge in [-0.3, -0.25) is 9.48 Å². The van der Waals surface area contributed by atoms with Crippen LogP contribution in [0.2, 0.25) is 0 Å². The van der Waals surface area contributed by atoms with Crippen LogP contribution in [0, 0.1) is 0 Å². The van der Waals surface area contributed by atoms with E-state index in [0.717, 1.165) is 16.7 Å². The van der Waals surface area contributed by atoms with Gasteiger partial charge in [-0.2, -0.15) is 5.10 Å². The number of hydrogen-bond donors (Lipinski definition) is 1. The van der Waals surface area contributed by atoms with Gasteiger partial charge in [0.05, 0.1) is 6.20 Å². The number of hydrogen-bond acceptors (Lipinski definition) is 3. The van der Waals surface area contributed by atoms with E-state index in [1.165, 1.54) is 4.90 Å². The minimum atomic E-state index is -0.980. The summed E-state index contributed by atoms with van der Waals surface area (Å²) in [5.41, 5.74) is 2.71. The number of benzene rings is 1. The Hall–Kier alpha value is -2.63. The summed E-state index contributed by atoms with van der Waals surface area (Å²) in [5.74, 6) is -1.11. The number of fused-ring (bicyclic) bond motifs is 1. The maximum absolute atomic E-state index is 12.5. The summed E-state index contributed by atoms with van der Waals surface area (Å²) >= 11 is 0. The molecule has 0 fully saturated rings. The Morgan fingerprint density at radius 2 is 2.13 bits per heavy atom. The molecule has 23 heavy (non-hydrogen) atoms. The van der Waals surface area contributed by atoms with Crippen LogP contribution in [0.4, 0.5) is 0 Å². The molecule has 0 saturated carbocycles.